The third-order valence-corrected chi connectivity index (χ3v) is 3.17. The van der Waals surface area contributed by atoms with Gasteiger partial charge >= 0.3 is 0 Å². The van der Waals surface area contributed by atoms with Gasteiger partial charge in [0.2, 0.25) is 5.91 Å². The van der Waals surface area contributed by atoms with Crippen LogP contribution in [0.3, 0.4) is 0 Å². The fourth-order valence-electron chi connectivity index (χ4n) is 2.12. The third-order valence-electron chi connectivity index (χ3n) is 3.17. The lowest BCUT2D eigenvalue weighted by Crippen LogP contribution is -2.33. The normalized spacial score (nSPS) is 19.2. The summed E-state index contributed by atoms with van der Waals surface area (Å²) in [6.45, 7) is 1.01. The van der Waals surface area contributed by atoms with Crippen molar-refractivity contribution >= 4 is 11.6 Å². The molecule has 2 N–H and O–H groups in total. The van der Waals surface area contributed by atoms with Crippen molar-refractivity contribution in [3.63, 3.8) is 0 Å². The summed E-state index contributed by atoms with van der Waals surface area (Å²) < 4.78 is 0. The number of carbonyl (C=O) groups excluding carboxylic acids is 1. The second-order valence-electron chi connectivity index (χ2n) is 4.47. The molecule has 4 heteroatoms. The number of hydrogen-bond acceptors (Lipinski definition) is 3. The molecule has 1 atom stereocenters. The molecule has 1 aliphatic rings. The van der Waals surface area contributed by atoms with Gasteiger partial charge in [0.15, 0.2) is 0 Å². The summed E-state index contributed by atoms with van der Waals surface area (Å²) >= 11 is 0. The number of benzene rings is 1. The Balaban J connectivity index is 1.98. The summed E-state index contributed by atoms with van der Waals surface area (Å²) in [5.74, 6) is 0.260. The van der Waals surface area contributed by atoms with Gasteiger partial charge in [-0.3, -0.25) is 4.79 Å². The predicted octanol–water partition coefficient (Wildman–Crippen LogP) is 1.50. The van der Waals surface area contributed by atoms with Crippen LogP contribution in [-0.4, -0.2) is 30.6 Å². The maximum atomic E-state index is 12.0. The lowest BCUT2D eigenvalue weighted by Gasteiger charge is -2.19. The van der Waals surface area contributed by atoms with Crippen LogP contribution in [0.4, 0.5) is 5.69 Å². The van der Waals surface area contributed by atoms with Crippen LogP contribution >= 0.6 is 0 Å². The van der Waals surface area contributed by atoms with Gasteiger partial charge in [0.25, 0.3) is 0 Å². The molecular formula is C13H18N2O2. The van der Waals surface area contributed by atoms with Crippen LogP contribution in [0.2, 0.25) is 0 Å². The number of phenols is 1. The summed E-state index contributed by atoms with van der Waals surface area (Å²) in [5.41, 5.74) is 0.730. The highest BCUT2D eigenvalue weighted by molar-refractivity contribution is 5.93. The van der Waals surface area contributed by atoms with Gasteiger partial charge in [0.05, 0.1) is 0 Å². The Morgan fingerprint density at radius 1 is 1.59 bits per heavy atom. The standard InChI is InChI=1S/C13H18N2O2/c1-15(11-5-2-6-12(16)9-11)13(17)8-10-4-3-7-14-10/h2,5-6,9-10,14,16H,3-4,7-8H2,1H3. The van der Waals surface area contributed by atoms with Crippen LogP contribution in [0, 0.1) is 0 Å². The van der Waals surface area contributed by atoms with E-state index < -0.39 is 0 Å². The van der Waals surface area contributed by atoms with Gasteiger partial charge < -0.3 is 15.3 Å². The van der Waals surface area contributed by atoms with E-state index in [1.165, 1.54) is 0 Å². The van der Waals surface area contributed by atoms with E-state index in [-0.39, 0.29) is 11.7 Å². The van der Waals surface area contributed by atoms with E-state index in [0.717, 1.165) is 25.1 Å². The minimum atomic E-state index is 0.0787. The molecule has 2 rings (SSSR count). The molecule has 1 amide bonds. The highest BCUT2D eigenvalue weighted by atomic mass is 16.3. The summed E-state index contributed by atoms with van der Waals surface area (Å²) in [7, 11) is 1.74. The molecule has 1 aliphatic heterocycles. The number of amides is 1. The van der Waals surface area contributed by atoms with Crippen molar-refractivity contribution in [3.05, 3.63) is 24.3 Å². The van der Waals surface area contributed by atoms with Crippen LogP contribution < -0.4 is 10.2 Å². The highest BCUT2D eigenvalue weighted by Crippen LogP contribution is 2.20. The quantitative estimate of drug-likeness (QED) is 0.833. The molecule has 1 aromatic carbocycles. The number of phenolic OH excluding ortho intramolecular Hbond substituents is 1. The maximum absolute atomic E-state index is 12.0. The van der Waals surface area contributed by atoms with Gasteiger partial charge in [-0.2, -0.15) is 0 Å². The number of aromatic hydroxyl groups is 1. The van der Waals surface area contributed by atoms with Crippen LogP contribution in [-0.2, 0) is 4.79 Å². The van der Waals surface area contributed by atoms with E-state index >= 15 is 0 Å². The number of nitrogens with one attached hydrogen (secondary N) is 1. The zero-order chi connectivity index (χ0) is 12.3. The topological polar surface area (TPSA) is 52.6 Å². The van der Waals surface area contributed by atoms with Crippen molar-refractivity contribution in [1.29, 1.82) is 0 Å². The molecule has 0 spiro atoms. The Morgan fingerprint density at radius 2 is 2.41 bits per heavy atom. The molecule has 92 valence electrons. The number of carbonyl (C=O) groups is 1. The molecule has 4 nitrogen and oxygen atoms in total. The van der Waals surface area contributed by atoms with E-state index in [9.17, 15) is 9.90 Å². The van der Waals surface area contributed by atoms with Crippen LogP contribution in [0.5, 0.6) is 5.75 Å². The summed E-state index contributed by atoms with van der Waals surface area (Å²) in [6.07, 6.45) is 2.74. The maximum Gasteiger partial charge on any atom is 0.228 e. The smallest absolute Gasteiger partial charge is 0.228 e. The van der Waals surface area contributed by atoms with E-state index in [1.54, 1.807) is 30.1 Å². The summed E-state index contributed by atoms with van der Waals surface area (Å²) in [5, 5.41) is 12.7. The van der Waals surface area contributed by atoms with Crippen LogP contribution in [0.15, 0.2) is 24.3 Å². The van der Waals surface area contributed by atoms with Crippen molar-refractivity contribution in [2.75, 3.05) is 18.5 Å². The van der Waals surface area contributed by atoms with Gasteiger partial charge in [-0.05, 0) is 31.5 Å². The molecule has 1 fully saturated rings. The van der Waals surface area contributed by atoms with Gasteiger partial charge in [-0.15, -0.1) is 0 Å². The third kappa shape index (κ3) is 2.97. The minimum Gasteiger partial charge on any atom is -0.508 e. The Bertz CT molecular complexity index is 400. The summed E-state index contributed by atoms with van der Waals surface area (Å²) in [6, 6.07) is 7.06. The first kappa shape index (κ1) is 11.9. The first-order chi connectivity index (χ1) is 8.16. The first-order valence-corrected chi connectivity index (χ1v) is 5.96. The van der Waals surface area contributed by atoms with E-state index in [0.29, 0.717) is 12.5 Å². The molecular weight excluding hydrogens is 216 g/mol. The Kier molecular flexibility index (Phi) is 3.64. The van der Waals surface area contributed by atoms with Crippen molar-refractivity contribution in [1.82, 2.24) is 5.32 Å². The molecule has 1 aromatic rings. The Hall–Kier alpha value is -1.55. The van der Waals surface area contributed by atoms with E-state index in [1.807, 2.05) is 6.07 Å². The molecule has 0 saturated carbocycles. The van der Waals surface area contributed by atoms with E-state index in [4.69, 9.17) is 0 Å². The monoisotopic (exact) mass is 234 g/mol. The van der Waals surface area contributed by atoms with E-state index in [2.05, 4.69) is 5.32 Å². The predicted molar refractivity (Wildman–Crippen MR) is 67.2 cm³/mol. The lowest BCUT2D eigenvalue weighted by atomic mass is 10.1. The highest BCUT2D eigenvalue weighted by Gasteiger charge is 2.20. The molecule has 1 saturated heterocycles. The zero-order valence-electron chi connectivity index (χ0n) is 10.0. The van der Waals surface area contributed by atoms with Crippen molar-refractivity contribution in [3.8, 4) is 5.75 Å². The van der Waals surface area contributed by atoms with Crippen LogP contribution in [0.25, 0.3) is 0 Å². The Morgan fingerprint density at radius 3 is 3.06 bits per heavy atom. The first-order valence-electron chi connectivity index (χ1n) is 5.96. The molecule has 0 aromatic heterocycles. The average molecular weight is 234 g/mol. The molecule has 1 heterocycles. The number of anilines is 1. The van der Waals surface area contributed by atoms with Crippen molar-refractivity contribution in [2.24, 2.45) is 0 Å². The second kappa shape index (κ2) is 5.19. The number of nitrogens with zero attached hydrogens (tertiary/aromatic N) is 1. The molecule has 0 bridgehead atoms. The number of rotatable bonds is 3. The van der Waals surface area contributed by atoms with Gasteiger partial charge in [-0.1, -0.05) is 6.07 Å². The van der Waals surface area contributed by atoms with Crippen molar-refractivity contribution in [2.45, 2.75) is 25.3 Å². The lowest BCUT2D eigenvalue weighted by molar-refractivity contribution is -0.118. The molecule has 1 unspecified atom stereocenters. The summed E-state index contributed by atoms with van der Waals surface area (Å²) in [4.78, 5) is 13.6. The Labute approximate surface area is 101 Å². The fraction of sp³-hybridized carbons (Fsp3) is 0.462. The fourth-order valence-corrected chi connectivity index (χ4v) is 2.12. The van der Waals surface area contributed by atoms with Crippen molar-refractivity contribution < 1.29 is 9.90 Å². The molecule has 0 aliphatic carbocycles. The molecule has 0 radical (unpaired) electrons. The van der Waals surface area contributed by atoms with Gasteiger partial charge in [-0.25, -0.2) is 0 Å². The zero-order valence-corrected chi connectivity index (χ0v) is 10.0. The number of hydrogen-bond donors (Lipinski definition) is 2. The molecule has 17 heavy (non-hydrogen) atoms. The largest absolute Gasteiger partial charge is 0.508 e. The second-order valence-corrected chi connectivity index (χ2v) is 4.47. The van der Waals surface area contributed by atoms with Gasteiger partial charge in [0.1, 0.15) is 5.75 Å². The van der Waals surface area contributed by atoms with Crippen LogP contribution in [0.1, 0.15) is 19.3 Å². The minimum absolute atomic E-state index is 0.0787. The average Bonchev–Trinajstić information content (AvgIpc) is 2.80. The van der Waals surface area contributed by atoms with Gasteiger partial charge in [0, 0.05) is 31.3 Å². The SMILES string of the molecule is CN(C(=O)CC1CCCN1)c1cccc(O)c1.